The normalized spacial score (nSPS) is 24.8. The zero-order valence-electron chi connectivity index (χ0n) is 13.5. The van der Waals surface area contributed by atoms with Crippen LogP contribution < -0.4 is 0 Å². The minimum absolute atomic E-state index is 0.0626. The number of halogens is 1. The number of hydrogen-bond donors (Lipinski definition) is 1. The molecule has 1 amide bonds. The summed E-state index contributed by atoms with van der Waals surface area (Å²) in [4.78, 5) is 14.8. The third-order valence-electron chi connectivity index (χ3n) is 4.96. The Balaban J connectivity index is 1.81. The van der Waals surface area contributed by atoms with Crippen LogP contribution in [0.4, 0.5) is 9.18 Å². The van der Waals surface area contributed by atoms with E-state index in [1.807, 2.05) is 6.07 Å². The molecule has 1 aromatic carbocycles. The largest absolute Gasteiger partial charge is 0.465 e. The first-order chi connectivity index (χ1) is 11.5. The molecule has 7 heteroatoms. The van der Waals surface area contributed by atoms with E-state index in [0.717, 1.165) is 12.0 Å². The molecule has 0 radical (unpaired) electrons. The summed E-state index contributed by atoms with van der Waals surface area (Å²) in [5.74, 6) is -0.514. The maximum absolute atomic E-state index is 13.7. The SMILES string of the molecule is Cc1c([C@@H]2CN3CCN(C(=O)O)C[C@H]3CCO2)ccc(F)c1C#N. The highest BCUT2D eigenvalue weighted by atomic mass is 19.1. The van der Waals surface area contributed by atoms with Gasteiger partial charge in [-0.15, -0.1) is 0 Å². The summed E-state index contributed by atoms with van der Waals surface area (Å²) >= 11 is 0. The Morgan fingerprint density at radius 2 is 2.21 bits per heavy atom. The summed E-state index contributed by atoms with van der Waals surface area (Å²) in [7, 11) is 0. The predicted octanol–water partition coefficient (Wildman–Crippen LogP) is 2.13. The summed E-state index contributed by atoms with van der Waals surface area (Å²) in [6.45, 7) is 4.49. The molecule has 6 nitrogen and oxygen atoms in total. The number of amides is 1. The molecule has 2 saturated heterocycles. The molecule has 0 aliphatic carbocycles. The lowest BCUT2D eigenvalue weighted by Gasteiger charge is -2.39. The van der Waals surface area contributed by atoms with Gasteiger partial charge in [0.2, 0.25) is 0 Å². The number of ether oxygens (including phenoxy) is 1. The zero-order chi connectivity index (χ0) is 17.3. The van der Waals surface area contributed by atoms with Crippen LogP contribution in [0.25, 0.3) is 0 Å². The number of rotatable bonds is 1. The number of carbonyl (C=O) groups is 1. The molecular formula is C17H20FN3O3. The van der Waals surface area contributed by atoms with Crippen molar-refractivity contribution in [2.24, 2.45) is 0 Å². The minimum Gasteiger partial charge on any atom is -0.465 e. The topological polar surface area (TPSA) is 76.8 Å². The van der Waals surface area contributed by atoms with Crippen LogP contribution in [-0.4, -0.2) is 59.8 Å². The van der Waals surface area contributed by atoms with Crippen LogP contribution in [0.15, 0.2) is 12.1 Å². The van der Waals surface area contributed by atoms with E-state index < -0.39 is 11.9 Å². The van der Waals surface area contributed by atoms with Gasteiger partial charge in [-0.25, -0.2) is 9.18 Å². The van der Waals surface area contributed by atoms with Crippen molar-refractivity contribution in [2.75, 3.05) is 32.8 Å². The fraction of sp³-hybridized carbons (Fsp3) is 0.529. The van der Waals surface area contributed by atoms with Gasteiger partial charge < -0.3 is 14.7 Å². The van der Waals surface area contributed by atoms with Gasteiger partial charge in [-0.1, -0.05) is 6.07 Å². The highest BCUT2D eigenvalue weighted by molar-refractivity contribution is 5.65. The fourth-order valence-electron chi connectivity index (χ4n) is 3.56. The van der Waals surface area contributed by atoms with E-state index >= 15 is 0 Å². The molecule has 3 rings (SSSR count). The summed E-state index contributed by atoms with van der Waals surface area (Å²) in [5.41, 5.74) is 1.51. The average Bonchev–Trinajstić information content (AvgIpc) is 2.76. The number of carboxylic acid groups (broad SMARTS) is 1. The average molecular weight is 333 g/mol. The quantitative estimate of drug-likeness (QED) is 0.852. The van der Waals surface area contributed by atoms with E-state index in [2.05, 4.69) is 4.90 Å². The van der Waals surface area contributed by atoms with E-state index in [0.29, 0.717) is 38.3 Å². The van der Waals surface area contributed by atoms with Gasteiger partial charge in [0.25, 0.3) is 0 Å². The third kappa shape index (κ3) is 3.07. The molecule has 0 unspecified atom stereocenters. The number of hydrogen-bond acceptors (Lipinski definition) is 4. The van der Waals surface area contributed by atoms with E-state index in [4.69, 9.17) is 15.1 Å². The summed E-state index contributed by atoms with van der Waals surface area (Å²) in [6.07, 6.45) is -0.366. The van der Waals surface area contributed by atoms with Gasteiger partial charge in [-0.05, 0) is 30.5 Å². The van der Waals surface area contributed by atoms with Gasteiger partial charge in [0.15, 0.2) is 0 Å². The second-order valence-electron chi connectivity index (χ2n) is 6.27. The molecule has 1 aromatic rings. The van der Waals surface area contributed by atoms with Crippen molar-refractivity contribution >= 4 is 6.09 Å². The van der Waals surface area contributed by atoms with Crippen molar-refractivity contribution in [3.8, 4) is 6.07 Å². The first-order valence-electron chi connectivity index (χ1n) is 8.04. The molecule has 128 valence electrons. The molecule has 2 atom stereocenters. The second-order valence-corrected chi connectivity index (χ2v) is 6.27. The Morgan fingerprint density at radius 1 is 1.42 bits per heavy atom. The highest BCUT2D eigenvalue weighted by Crippen LogP contribution is 2.30. The van der Waals surface area contributed by atoms with Crippen LogP contribution in [0.2, 0.25) is 0 Å². The van der Waals surface area contributed by atoms with Gasteiger partial charge in [-0.3, -0.25) is 4.90 Å². The van der Waals surface area contributed by atoms with E-state index in [1.165, 1.54) is 11.0 Å². The van der Waals surface area contributed by atoms with Gasteiger partial charge in [0.1, 0.15) is 11.9 Å². The smallest absolute Gasteiger partial charge is 0.407 e. The minimum atomic E-state index is -0.885. The number of piperazine rings is 1. The fourth-order valence-corrected chi connectivity index (χ4v) is 3.56. The Hall–Kier alpha value is -2.17. The Kier molecular flexibility index (Phi) is 4.69. The van der Waals surface area contributed by atoms with Crippen LogP contribution in [0.5, 0.6) is 0 Å². The number of nitrogens with zero attached hydrogens (tertiary/aromatic N) is 3. The summed E-state index contributed by atoms with van der Waals surface area (Å²) in [5, 5.41) is 18.3. The second kappa shape index (κ2) is 6.75. The lowest BCUT2D eigenvalue weighted by Crippen LogP contribution is -2.54. The standard InChI is InChI=1S/C17H20FN3O3/c1-11-13(2-3-15(18)14(11)8-19)16-10-20-5-6-21(17(22)23)9-12(20)4-7-24-16/h2-3,12,16H,4-7,9-10H2,1H3,(H,22,23)/t12-,16+/m1/s1. The van der Waals surface area contributed by atoms with E-state index in [9.17, 15) is 9.18 Å². The van der Waals surface area contributed by atoms with Crippen LogP contribution in [0.1, 0.15) is 29.2 Å². The van der Waals surface area contributed by atoms with Crippen molar-refractivity contribution in [3.05, 3.63) is 34.6 Å². The molecule has 0 spiro atoms. The lowest BCUT2D eigenvalue weighted by atomic mass is 9.97. The Labute approximate surface area is 140 Å². The Bertz CT molecular complexity index is 688. The molecular weight excluding hydrogens is 313 g/mol. The number of benzene rings is 1. The molecule has 0 bridgehead atoms. The van der Waals surface area contributed by atoms with Crippen molar-refractivity contribution in [2.45, 2.75) is 25.5 Å². The van der Waals surface area contributed by atoms with Gasteiger partial charge in [0, 0.05) is 38.8 Å². The zero-order valence-corrected chi connectivity index (χ0v) is 13.5. The molecule has 2 fully saturated rings. The van der Waals surface area contributed by atoms with E-state index in [1.54, 1.807) is 13.0 Å². The van der Waals surface area contributed by atoms with Gasteiger partial charge >= 0.3 is 6.09 Å². The number of nitriles is 1. The molecule has 0 aromatic heterocycles. The summed E-state index contributed by atoms with van der Waals surface area (Å²) in [6, 6.07) is 5.05. The summed E-state index contributed by atoms with van der Waals surface area (Å²) < 4.78 is 19.7. The van der Waals surface area contributed by atoms with Crippen molar-refractivity contribution in [3.63, 3.8) is 0 Å². The lowest BCUT2D eigenvalue weighted by molar-refractivity contribution is 0.0411. The predicted molar refractivity (Wildman–Crippen MR) is 84.1 cm³/mol. The molecule has 0 saturated carbocycles. The molecule has 1 N–H and O–H groups in total. The molecule has 2 heterocycles. The molecule has 2 aliphatic rings. The third-order valence-corrected chi connectivity index (χ3v) is 4.96. The van der Waals surface area contributed by atoms with Crippen LogP contribution in [-0.2, 0) is 4.74 Å². The Morgan fingerprint density at radius 3 is 2.92 bits per heavy atom. The maximum atomic E-state index is 13.7. The van der Waals surface area contributed by atoms with Crippen molar-refractivity contribution < 1.29 is 19.0 Å². The van der Waals surface area contributed by atoms with Crippen molar-refractivity contribution in [1.82, 2.24) is 9.80 Å². The first kappa shape index (κ1) is 16.7. The maximum Gasteiger partial charge on any atom is 0.407 e. The van der Waals surface area contributed by atoms with Crippen LogP contribution >= 0.6 is 0 Å². The monoisotopic (exact) mass is 333 g/mol. The van der Waals surface area contributed by atoms with Crippen LogP contribution in [0.3, 0.4) is 0 Å². The highest BCUT2D eigenvalue weighted by Gasteiger charge is 2.34. The molecule has 2 aliphatic heterocycles. The molecule has 24 heavy (non-hydrogen) atoms. The van der Waals surface area contributed by atoms with Gasteiger partial charge in [0.05, 0.1) is 11.7 Å². The van der Waals surface area contributed by atoms with Crippen LogP contribution in [0, 0.1) is 24.1 Å². The first-order valence-corrected chi connectivity index (χ1v) is 8.04. The van der Waals surface area contributed by atoms with Crippen molar-refractivity contribution in [1.29, 1.82) is 5.26 Å². The van der Waals surface area contributed by atoms with E-state index in [-0.39, 0.29) is 17.7 Å². The van der Waals surface area contributed by atoms with Gasteiger partial charge in [-0.2, -0.15) is 5.26 Å². The number of fused-ring (bicyclic) bond motifs is 1.